The van der Waals surface area contributed by atoms with E-state index in [2.05, 4.69) is 9.83 Å². The van der Waals surface area contributed by atoms with Crippen LogP contribution in [0, 0.1) is 6.57 Å². The van der Waals surface area contributed by atoms with Gasteiger partial charge in [0.05, 0.1) is 26.4 Å². The molecule has 1 fully saturated rings. The summed E-state index contributed by atoms with van der Waals surface area (Å²) in [5.41, 5.74) is 2.16. The summed E-state index contributed by atoms with van der Waals surface area (Å²) in [6, 6.07) is 8.81. The van der Waals surface area contributed by atoms with Crippen molar-refractivity contribution < 1.29 is 19.2 Å². The van der Waals surface area contributed by atoms with Crippen molar-refractivity contribution >= 4 is 24.1 Å². The number of aromatic nitrogens is 1. The maximum atomic E-state index is 9.68. The number of ether oxygens (including phenoxy) is 2. The fourth-order valence-electron chi connectivity index (χ4n) is 2.97. The quantitative estimate of drug-likeness (QED) is 0.676. The highest BCUT2D eigenvalue weighted by atomic mass is 16.5. The van der Waals surface area contributed by atoms with Gasteiger partial charge in [0.25, 0.3) is 0 Å². The van der Waals surface area contributed by atoms with Crippen molar-refractivity contribution in [3.8, 4) is 11.6 Å². The van der Waals surface area contributed by atoms with Gasteiger partial charge in [0.15, 0.2) is 0 Å². The molecule has 3 heterocycles. The Kier molecular flexibility index (Phi) is 4.28. The Morgan fingerprint density at radius 1 is 1.24 bits per heavy atom. The normalized spacial score (nSPS) is 16.5. The van der Waals surface area contributed by atoms with Crippen molar-refractivity contribution in [2.75, 3.05) is 31.2 Å². The minimum Gasteiger partial charge on any atom is -0.439 e. The zero-order valence-electron chi connectivity index (χ0n) is 13.5. The van der Waals surface area contributed by atoms with Crippen LogP contribution in [0.15, 0.2) is 30.3 Å². The van der Waals surface area contributed by atoms with E-state index < -0.39 is 7.12 Å². The summed E-state index contributed by atoms with van der Waals surface area (Å²) in [4.78, 5) is 10.1. The molecular weight excluding hydrogens is 321 g/mol. The third-order valence-electron chi connectivity index (χ3n) is 4.26. The molecule has 0 unspecified atom stereocenters. The Hall–Kier alpha value is -2.60. The SMILES string of the molecule is [C-]#[N+]c1ccc(Oc2ccc3c(c2)COB3O)nc1N1CCOCC1. The predicted molar refractivity (Wildman–Crippen MR) is 92.4 cm³/mol. The van der Waals surface area contributed by atoms with Gasteiger partial charge in [0.1, 0.15) is 11.6 Å². The maximum Gasteiger partial charge on any atom is 0.491 e. The molecule has 0 spiro atoms. The second-order valence-corrected chi connectivity index (χ2v) is 5.83. The van der Waals surface area contributed by atoms with Crippen LogP contribution in [0.5, 0.6) is 11.6 Å². The van der Waals surface area contributed by atoms with E-state index in [1.165, 1.54) is 0 Å². The Labute approximate surface area is 145 Å². The summed E-state index contributed by atoms with van der Waals surface area (Å²) in [5, 5.41) is 9.68. The highest BCUT2D eigenvalue weighted by Gasteiger charge is 2.27. The average Bonchev–Trinajstić information content (AvgIpc) is 3.03. The average molecular weight is 337 g/mol. The third kappa shape index (κ3) is 3.17. The van der Waals surface area contributed by atoms with E-state index in [-0.39, 0.29) is 0 Å². The van der Waals surface area contributed by atoms with E-state index in [4.69, 9.17) is 20.7 Å². The summed E-state index contributed by atoms with van der Waals surface area (Å²) < 4.78 is 16.4. The summed E-state index contributed by atoms with van der Waals surface area (Å²) in [7, 11) is -0.868. The monoisotopic (exact) mass is 337 g/mol. The summed E-state index contributed by atoms with van der Waals surface area (Å²) in [6.45, 7) is 10.4. The molecule has 0 saturated carbocycles. The van der Waals surface area contributed by atoms with E-state index in [0.29, 0.717) is 56.0 Å². The molecular formula is C17H16BN3O4. The molecule has 8 heteroatoms. The van der Waals surface area contributed by atoms with Gasteiger partial charge in [0.2, 0.25) is 11.6 Å². The van der Waals surface area contributed by atoms with Gasteiger partial charge in [-0.15, -0.1) is 0 Å². The topological polar surface area (TPSA) is 68.4 Å². The van der Waals surface area contributed by atoms with Gasteiger partial charge in [-0.25, -0.2) is 9.83 Å². The van der Waals surface area contributed by atoms with Gasteiger partial charge in [0, 0.05) is 13.1 Å². The van der Waals surface area contributed by atoms with Crippen LogP contribution in [0.1, 0.15) is 5.56 Å². The van der Waals surface area contributed by atoms with E-state index >= 15 is 0 Å². The van der Waals surface area contributed by atoms with Crippen LogP contribution in [0.2, 0.25) is 0 Å². The van der Waals surface area contributed by atoms with E-state index in [1.807, 2.05) is 11.0 Å². The van der Waals surface area contributed by atoms with Crippen molar-refractivity contribution in [3.63, 3.8) is 0 Å². The molecule has 0 amide bonds. The molecule has 25 heavy (non-hydrogen) atoms. The van der Waals surface area contributed by atoms with Gasteiger partial charge in [-0.1, -0.05) is 6.07 Å². The zero-order chi connectivity index (χ0) is 17.2. The highest BCUT2D eigenvalue weighted by Crippen LogP contribution is 2.31. The molecule has 0 atom stereocenters. The minimum atomic E-state index is -0.868. The molecule has 7 nitrogen and oxygen atoms in total. The van der Waals surface area contributed by atoms with Crippen molar-refractivity contribution in [1.29, 1.82) is 0 Å². The first kappa shape index (κ1) is 15.9. The van der Waals surface area contributed by atoms with E-state index in [1.54, 1.807) is 24.3 Å². The Morgan fingerprint density at radius 3 is 2.88 bits per heavy atom. The molecule has 0 aliphatic carbocycles. The smallest absolute Gasteiger partial charge is 0.439 e. The number of fused-ring (bicyclic) bond motifs is 1. The van der Waals surface area contributed by atoms with E-state index in [9.17, 15) is 5.02 Å². The first-order chi connectivity index (χ1) is 12.2. The van der Waals surface area contributed by atoms with Crippen LogP contribution in [0.4, 0.5) is 11.5 Å². The van der Waals surface area contributed by atoms with Gasteiger partial charge in [-0.3, -0.25) is 0 Å². The predicted octanol–water partition coefficient (Wildman–Crippen LogP) is 1.48. The van der Waals surface area contributed by atoms with Crippen molar-refractivity contribution in [3.05, 3.63) is 47.3 Å². The van der Waals surface area contributed by atoms with Crippen molar-refractivity contribution in [2.45, 2.75) is 6.61 Å². The molecule has 2 aliphatic heterocycles. The largest absolute Gasteiger partial charge is 0.491 e. The standard InChI is InChI=1S/C17H16BN3O4/c1-19-15-4-5-16(20-17(15)21-6-8-23-9-7-21)25-13-2-3-14-12(10-13)11-24-18(14)22/h2-5,10,22H,6-9,11H2. The number of hydrogen-bond donors (Lipinski definition) is 1. The second kappa shape index (κ2) is 6.72. The van der Waals surface area contributed by atoms with E-state index in [0.717, 1.165) is 11.0 Å². The van der Waals surface area contributed by atoms with Crippen LogP contribution in [-0.4, -0.2) is 43.4 Å². The van der Waals surface area contributed by atoms with Crippen LogP contribution < -0.4 is 15.1 Å². The molecule has 0 radical (unpaired) electrons. The fourth-order valence-corrected chi connectivity index (χ4v) is 2.97. The minimum absolute atomic E-state index is 0.358. The maximum absolute atomic E-state index is 9.68. The third-order valence-corrected chi connectivity index (χ3v) is 4.26. The van der Waals surface area contributed by atoms with Gasteiger partial charge < -0.3 is 24.1 Å². The second-order valence-electron chi connectivity index (χ2n) is 5.83. The van der Waals surface area contributed by atoms with Crippen LogP contribution >= 0.6 is 0 Å². The van der Waals surface area contributed by atoms with Gasteiger partial charge in [-0.2, -0.15) is 0 Å². The summed E-state index contributed by atoms with van der Waals surface area (Å²) in [5.74, 6) is 1.66. The highest BCUT2D eigenvalue weighted by molar-refractivity contribution is 6.61. The molecule has 1 N–H and O–H groups in total. The molecule has 2 aromatic rings. The van der Waals surface area contributed by atoms with Crippen LogP contribution in [0.3, 0.4) is 0 Å². The zero-order valence-corrected chi connectivity index (χ0v) is 13.5. The van der Waals surface area contributed by atoms with Crippen molar-refractivity contribution in [2.24, 2.45) is 0 Å². The first-order valence-corrected chi connectivity index (χ1v) is 8.06. The molecule has 4 rings (SSSR count). The molecule has 2 aliphatic rings. The molecule has 0 bridgehead atoms. The van der Waals surface area contributed by atoms with Crippen molar-refractivity contribution in [1.82, 2.24) is 4.98 Å². The Balaban J connectivity index is 1.60. The van der Waals surface area contributed by atoms with Gasteiger partial charge in [-0.05, 0) is 35.3 Å². The molecule has 1 aromatic carbocycles. The van der Waals surface area contributed by atoms with Gasteiger partial charge >= 0.3 is 7.12 Å². The fraction of sp³-hybridized carbons (Fsp3) is 0.294. The molecule has 1 saturated heterocycles. The number of nitrogens with zero attached hydrogens (tertiary/aromatic N) is 3. The number of anilines is 1. The lowest BCUT2D eigenvalue weighted by molar-refractivity contribution is 0.122. The number of morpholine rings is 1. The number of hydrogen-bond acceptors (Lipinski definition) is 6. The van der Waals surface area contributed by atoms with Crippen LogP contribution in [0.25, 0.3) is 4.85 Å². The summed E-state index contributed by atoms with van der Waals surface area (Å²) in [6.07, 6.45) is 0. The molecule has 1 aromatic heterocycles. The number of benzene rings is 1. The lowest BCUT2D eigenvalue weighted by Gasteiger charge is -2.28. The number of pyridine rings is 1. The lowest BCUT2D eigenvalue weighted by atomic mass is 9.80. The first-order valence-electron chi connectivity index (χ1n) is 8.06. The van der Waals surface area contributed by atoms with Crippen LogP contribution in [-0.2, 0) is 16.0 Å². The Morgan fingerprint density at radius 2 is 2.08 bits per heavy atom. The Bertz CT molecular complexity index is 833. The molecule has 126 valence electrons. The number of rotatable bonds is 3. The lowest BCUT2D eigenvalue weighted by Crippen LogP contribution is -2.36. The summed E-state index contributed by atoms with van der Waals surface area (Å²) >= 11 is 0.